The molecule has 1 amide bonds. The molecule has 27 heavy (non-hydrogen) atoms. The van der Waals surface area contributed by atoms with E-state index in [0.717, 1.165) is 5.56 Å². The van der Waals surface area contributed by atoms with Crippen molar-refractivity contribution in [1.29, 1.82) is 0 Å². The molecule has 1 aliphatic heterocycles. The van der Waals surface area contributed by atoms with E-state index in [-0.39, 0.29) is 12.1 Å². The molecule has 0 radical (unpaired) electrons. The summed E-state index contributed by atoms with van der Waals surface area (Å²) < 4.78 is 5.39. The fourth-order valence-corrected chi connectivity index (χ4v) is 3.62. The maximum atomic E-state index is 12.2. The van der Waals surface area contributed by atoms with Gasteiger partial charge in [-0.1, -0.05) is 72.8 Å². The number of fused-ring (bicyclic) bond motifs is 1. The Bertz CT molecular complexity index is 915. The van der Waals surface area contributed by atoms with Crippen molar-refractivity contribution >= 4 is 16.9 Å². The quantitative estimate of drug-likeness (QED) is 0.728. The second-order valence-electron chi connectivity index (χ2n) is 7.10. The van der Waals surface area contributed by atoms with Gasteiger partial charge in [-0.15, -0.1) is 0 Å². The van der Waals surface area contributed by atoms with Crippen molar-refractivity contribution in [2.45, 2.75) is 25.6 Å². The Morgan fingerprint density at radius 1 is 1.04 bits per heavy atom. The molecule has 0 aliphatic carbocycles. The minimum absolute atomic E-state index is 0.226. The highest BCUT2D eigenvalue weighted by Crippen LogP contribution is 2.25. The number of carbonyl (C=O) groups is 1. The summed E-state index contributed by atoms with van der Waals surface area (Å²) in [6, 6.07) is 25.1. The van der Waals surface area contributed by atoms with Crippen LogP contribution in [0, 0.1) is 0 Å². The van der Waals surface area contributed by atoms with E-state index in [4.69, 9.17) is 4.74 Å². The lowest BCUT2D eigenvalue weighted by Crippen LogP contribution is -2.60. The number of amides is 1. The number of carbonyl (C=O) groups excluding carboxylic acids is 1. The van der Waals surface area contributed by atoms with Crippen LogP contribution in [0.2, 0.25) is 0 Å². The summed E-state index contributed by atoms with van der Waals surface area (Å²) in [4.78, 5) is 13.9. The summed E-state index contributed by atoms with van der Waals surface area (Å²) in [7, 11) is 0. The Morgan fingerprint density at radius 3 is 2.56 bits per heavy atom. The molecule has 1 saturated heterocycles. The minimum Gasteiger partial charge on any atom is -0.445 e. The minimum atomic E-state index is -0.241. The standard InChI is InChI=1S/C23H24N2O2/c1-17(21-13-7-11-19-10-5-6-12-22(19)21)24-20-14-25(15-20)23(26)27-16-18-8-3-2-4-9-18/h2-13,17,20,24H,14-16H2,1H3/t17-/m1/s1. The van der Waals surface area contributed by atoms with Crippen LogP contribution in [0.15, 0.2) is 72.8 Å². The molecule has 3 aromatic rings. The van der Waals surface area contributed by atoms with Crippen molar-refractivity contribution < 1.29 is 9.53 Å². The lowest BCUT2D eigenvalue weighted by Gasteiger charge is -2.40. The van der Waals surface area contributed by atoms with E-state index in [9.17, 15) is 4.79 Å². The summed E-state index contributed by atoms with van der Waals surface area (Å²) in [5.74, 6) is 0. The van der Waals surface area contributed by atoms with E-state index in [1.54, 1.807) is 4.90 Å². The number of rotatable bonds is 5. The predicted molar refractivity (Wildman–Crippen MR) is 107 cm³/mol. The van der Waals surface area contributed by atoms with E-state index < -0.39 is 0 Å². The van der Waals surface area contributed by atoms with Gasteiger partial charge in [0.15, 0.2) is 0 Å². The van der Waals surface area contributed by atoms with Crippen LogP contribution in [0.1, 0.15) is 24.1 Å². The number of ether oxygens (including phenoxy) is 1. The van der Waals surface area contributed by atoms with Crippen molar-refractivity contribution in [2.24, 2.45) is 0 Å². The molecule has 1 atom stereocenters. The fraction of sp³-hybridized carbons (Fsp3) is 0.261. The smallest absolute Gasteiger partial charge is 0.410 e. The zero-order valence-corrected chi connectivity index (χ0v) is 15.5. The summed E-state index contributed by atoms with van der Waals surface area (Å²) in [5, 5.41) is 6.16. The third kappa shape index (κ3) is 3.96. The Hall–Kier alpha value is -2.85. The highest BCUT2D eigenvalue weighted by Gasteiger charge is 2.32. The maximum Gasteiger partial charge on any atom is 0.410 e. The van der Waals surface area contributed by atoms with E-state index in [1.165, 1.54) is 16.3 Å². The second kappa shape index (κ2) is 7.80. The first-order chi connectivity index (χ1) is 13.2. The molecule has 3 aromatic carbocycles. The van der Waals surface area contributed by atoms with Gasteiger partial charge < -0.3 is 15.0 Å². The molecule has 4 nitrogen and oxygen atoms in total. The van der Waals surface area contributed by atoms with E-state index in [1.807, 2.05) is 30.3 Å². The van der Waals surface area contributed by atoms with Crippen LogP contribution in [0.3, 0.4) is 0 Å². The Labute approximate surface area is 159 Å². The van der Waals surface area contributed by atoms with E-state index in [2.05, 4.69) is 54.7 Å². The van der Waals surface area contributed by atoms with Gasteiger partial charge in [-0.3, -0.25) is 0 Å². The molecule has 138 valence electrons. The largest absolute Gasteiger partial charge is 0.445 e. The van der Waals surface area contributed by atoms with Gasteiger partial charge in [0.1, 0.15) is 6.61 Å². The van der Waals surface area contributed by atoms with Crippen LogP contribution in [0.4, 0.5) is 4.79 Å². The first kappa shape index (κ1) is 17.6. The number of hydrogen-bond acceptors (Lipinski definition) is 3. The SMILES string of the molecule is C[C@@H](NC1CN(C(=O)OCc2ccccc2)C1)c1cccc2ccccc12. The zero-order chi connectivity index (χ0) is 18.6. The second-order valence-corrected chi connectivity index (χ2v) is 7.10. The first-order valence-corrected chi connectivity index (χ1v) is 9.40. The lowest BCUT2D eigenvalue weighted by atomic mass is 9.98. The van der Waals surface area contributed by atoms with Crippen LogP contribution in [0.25, 0.3) is 10.8 Å². The molecule has 0 saturated carbocycles. The normalized spacial score (nSPS) is 15.4. The summed E-state index contributed by atoms with van der Waals surface area (Å²) >= 11 is 0. The molecule has 1 aliphatic rings. The van der Waals surface area contributed by atoms with Gasteiger partial charge in [0.2, 0.25) is 0 Å². The molecule has 1 N–H and O–H groups in total. The third-order valence-electron chi connectivity index (χ3n) is 5.12. The van der Waals surface area contributed by atoms with Gasteiger partial charge in [-0.05, 0) is 28.8 Å². The molecule has 1 fully saturated rings. The van der Waals surface area contributed by atoms with E-state index >= 15 is 0 Å². The monoisotopic (exact) mass is 360 g/mol. The van der Waals surface area contributed by atoms with Crippen molar-refractivity contribution in [3.8, 4) is 0 Å². The average Bonchev–Trinajstić information content (AvgIpc) is 2.68. The molecular formula is C23H24N2O2. The average molecular weight is 360 g/mol. The van der Waals surface area contributed by atoms with Crippen LogP contribution < -0.4 is 5.32 Å². The van der Waals surface area contributed by atoms with Gasteiger partial charge >= 0.3 is 6.09 Å². The van der Waals surface area contributed by atoms with E-state index in [0.29, 0.717) is 25.7 Å². The number of hydrogen-bond donors (Lipinski definition) is 1. The predicted octanol–water partition coefficient (Wildman–Crippen LogP) is 4.51. The highest BCUT2D eigenvalue weighted by atomic mass is 16.6. The molecular weight excluding hydrogens is 336 g/mol. The molecule has 0 spiro atoms. The van der Waals surface area contributed by atoms with Gasteiger partial charge in [0.05, 0.1) is 0 Å². The Kier molecular flexibility index (Phi) is 5.07. The number of nitrogens with zero attached hydrogens (tertiary/aromatic N) is 1. The molecule has 0 aromatic heterocycles. The molecule has 0 bridgehead atoms. The van der Waals surface area contributed by atoms with Crippen LogP contribution in [-0.4, -0.2) is 30.1 Å². The molecule has 0 unspecified atom stereocenters. The highest BCUT2D eigenvalue weighted by molar-refractivity contribution is 5.86. The summed E-state index contributed by atoms with van der Waals surface area (Å²) in [6.45, 7) is 3.87. The first-order valence-electron chi connectivity index (χ1n) is 9.40. The van der Waals surface area contributed by atoms with Gasteiger partial charge in [-0.2, -0.15) is 0 Å². The van der Waals surface area contributed by atoms with Crippen molar-refractivity contribution in [3.63, 3.8) is 0 Å². The van der Waals surface area contributed by atoms with Gasteiger partial charge in [0.25, 0.3) is 0 Å². The Balaban J connectivity index is 1.29. The topological polar surface area (TPSA) is 41.6 Å². The van der Waals surface area contributed by atoms with Crippen LogP contribution in [0.5, 0.6) is 0 Å². The Morgan fingerprint density at radius 2 is 1.74 bits per heavy atom. The van der Waals surface area contributed by atoms with Crippen molar-refractivity contribution in [1.82, 2.24) is 10.2 Å². The van der Waals surface area contributed by atoms with Gasteiger partial charge in [-0.25, -0.2) is 4.79 Å². The summed E-state index contributed by atoms with van der Waals surface area (Å²) in [5.41, 5.74) is 2.30. The van der Waals surface area contributed by atoms with Gasteiger partial charge in [0, 0.05) is 25.2 Å². The molecule has 1 heterocycles. The molecule has 4 rings (SSSR count). The number of benzene rings is 3. The van der Waals surface area contributed by atoms with Crippen LogP contribution in [-0.2, 0) is 11.3 Å². The van der Waals surface area contributed by atoms with Crippen LogP contribution >= 0.6 is 0 Å². The van der Waals surface area contributed by atoms with Crippen molar-refractivity contribution in [3.05, 3.63) is 83.9 Å². The van der Waals surface area contributed by atoms with Crippen molar-refractivity contribution in [2.75, 3.05) is 13.1 Å². The number of nitrogens with one attached hydrogen (secondary N) is 1. The third-order valence-corrected chi connectivity index (χ3v) is 5.12. The number of likely N-dealkylation sites (tertiary alicyclic amines) is 1. The lowest BCUT2D eigenvalue weighted by molar-refractivity contribution is 0.0582. The maximum absolute atomic E-state index is 12.2. The molecule has 4 heteroatoms. The summed E-state index contributed by atoms with van der Waals surface area (Å²) in [6.07, 6.45) is -0.241. The zero-order valence-electron chi connectivity index (χ0n) is 15.5. The fourth-order valence-electron chi connectivity index (χ4n) is 3.62.